The molecule has 20 heavy (non-hydrogen) atoms. The monoisotopic (exact) mass is 285 g/mol. The van der Waals surface area contributed by atoms with Gasteiger partial charge in [-0.05, 0) is 43.6 Å². The van der Waals surface area contributed by atoms with Crippen LogP contribution in [0.3, 0.4) is 0 Å². The molecule has 112 valence electrons. The Hall–Kier alpha value is -1.29. The molecule has 0 aliphatic heterocycles. The van der Waals surface area contributed by atoms with Crippen LogP contribution in [0.2, 0.25) is 0 Å². The maximum absolute atomic E-state index is 12.6. The zero-order chi connectivity index (χ0) is 15.0. The summed E-state index contributed by atoms with van der Waals surface area (Å²) in [5.74, 6) is 0. The van der Waals surface area contributed by atoms with Gasteiger partial charge in [-0.25, -0.2) is 0 Å². The van der Waals surface area contributed by atoms with Gasteiger partial charge in [0.15, 0.2) is 0 Å². The maximum Gasteiger partial charge on any atom is 0.416 e. The second-order valence-corrected chi connectivity index (χ2v) is 4.83. The lowest BCUT2D eigenvalue weighted by Crippen LogP contribution is -2.25. The minimum Gasteiger partial charge on any atom is -0.300 e. The summed E-state index contributed by atoms with van der Waals surface area (Å²) in [7, 11) is 0. The predicted molar refractivity (Wildman–Crippen MR) is 77.5 cm³/mol. The number of hydrogen-bond acceptors (Lipinski definition) is 1. The number of rotatable bonds is 7. The molecule has 0 amide bonds. The molecule has 1 rings (SSSR count). The minimum atomic E-state index is -4.28. The summed E-state index contributed by atoms with van der Waals surface area (Å²) in [6.45, 7) is 7.05. The zero-order valence-electron chi connectivity index (χ0n) is 12.1. The lowest BCUT2D eigenvalue weighted by Gasteiger charge is -2.18. The van der Waals surface area contributed by atoms with Crippen LogP contribution in [0.4, 0.5) is 13.2 Å². The zero-order valence-corrected chi connectivity index (χ0v) is 12.1. The van der Waals surface area contributed by atoms with Crippen molar-refractivity contribution in [3.63, 3.8) is 0 Å². The van der Waals surface area contributed by atoms with Crippen molar-refractivity contribution in [2.75, 3.05) is 19.6 Å². The molecule has 0 radical (unpaired) electrons. The molecule has 1 aromatic carbocycles. The quantitative estimate of drug-likeness (QED) is 0.693. The molecule has 0 aliphatic carbocycles. The van der Waals surface area contributed by atoms with Crippen LogP contribution in [-0.4, -0.2) is 24.5 Å². The summed E-state index contributed by atoms with van der Waals surface area (Å²) in [5, 5.41) is 0. The van der Waals surface area contributed by atoms with Gasteiger partial charge < -0.3 is 0 Å². The SMILES string of the molecule is CCCN(C/C=C/c1cccc(C(F)(F)F)c1)CCC. The highest BCUT2D eigenvalue weighted by Crippen LogP contribution is 2.29. The van der Waals surface area contributed by atoms with Gasteiger partial charge in [0.2, 0.25) is 0 Å². The third-order valence-corrected chi connectivity index (χ3v) is 2.97. The highest BCUT2D eigenvalue weighted by atomic mass is 19.4. The Bertz CT molecular complexity index is 418. The third kappa shape index (κ3) is 5.78. The minimum absolute atomic E-state index is 0.591. The summed E-state index contributed by atoms with van der Waals surface area (Å²) in [6.07, 6.45) is 1.57. The Labute approximate surface area is 119 Å². The van der Waals surface area contributed by atoms with E-state index in [1.165, 1.54) is 12.1 Å². The van der Waals surface area contributed by atoms with E-state index in [4.69, 9.17) is 0 Å². The van der Waals surface area contributed by atoms with Crippen LogP contribution in [0.25, 0.3) is 6.08 Å². The van der Waals surface area contributed by atoms with Crippen molar-refractivity contribution in [1.29, 1.82) is 0 Å². The van der Waals surface area contributed by atoms with E-state index in [0.29, 0.717) is 5.56 Å². The number of alkyl halides is 3. The molecule has 0 aliphatic rings. The number of benzene rings is 1. The van der Waals surface area contributed by atoms with Crippen LogP contribution in [0.5, 0.6) is 0 Å². The van der Waals surface area contributed by atoms with Crippen LogP contribution < -0.4 is 0 Å². The van der Waals surface area contributed by atoms with Crippen molar-refractivity contribution >= 4 is 6.08 Å². The molecule has 1 aromatic rings. The van der Waals surface area contributed by atoms with Gasteiger partial charge in [0.05, 0.1) is 5.56 Å². The first kappa shape index (κ1) is 16.8. The topological polar surface area (TPSA) is 3.24 Å². The highest BCUT2D eigenvalue weighted by Gasteiger charge is 2.30. The smallest absolute Gasteiger partial charge is 0.300 e. The van der Waals surface area contributed by atoms with Crippen LogP contribution >= 0.6 is 0 Å². The lowest BCUT2D eigenvalue weighted by molar-refractivity contribution is -0.137. The molecule has 0 heterocycles. The predicted octanol–water partition coefficient (Wildman–Crippen LogP) is 4.84. The molecule has 0 unspecified atom stereocenters. The van der Waals surface area contributed by atoms with Gasteiger partial charge in [0.25, 0.3) is 0 Å². The summed E-state index contributed by atoms with van der Waals surface area (Å²) in [6, 6.07) is 5.41. The molecule has 0 N–H and O–H groups in total. The maximum atomic E-state index is 12.6. The second-order valence-electron chi connectivity index (χ2n) is 4.83. The van der Waals surface area contributed by atoms with Crippen molar-refractivity contribution in [2.24, 2.45) is 0 Å². The Morgan fingerprint density at radius 2 is 1.75 bits per heavy atom. The van der Waals surface area contributed by atoms with E-state index in [2.05, 4.69) is 18.7 Å². The molecule has 0 fully saturated rings. The molecule has 4 heteroatoms. The molecule has 0 bridgehead atoms. The van der Waals surface area contributed by atoms with Gasteiger partial charge in [-0.2, -0.15) is 13.2 Å². The summed E-state index contributed by atoms with van der Waals surface area (Å²) in [4.78, 5) is 2.30. The summed E-state index contributed by atoms with van der Waals surface area (Å²) < 4.78 is 37.8. The van der Waals surface area contributed by atoms with Gasteiger partial charge in [-0.3, -0.25) is 4.90 Å². The van der Waals surface area contributed by atoms with E-state index in [1.807, 2.05) is 6.08 Å². The van der Waals surface area contributed by atoms with Crippen LogP contribution in [0, 0.1) is 0 Å². The van der Waals surface area contributed by atoms with Gasteiger partial charge in [0.1, 0.15) is 0 Å². The van der Waals surface area contributed by atoms with E-state index in [1.54, 1.807) is 12.1 Å². The van der Waals surface area contributed by atoms with E-state index < -0.39 is 11.7 Å². The van der Waals surface area contributed by atoms with E-state index >= 15 is 0 Å². The molecule has 0 saturated carbocycles. The number of hydrogen-bond donors (Lipinski definition) is 0. The first-order chi connectivity index (χ1) is 9.47. The second kappa shape index (κ2) is 8.10. The first-order valence-corrected chi connectivity index (χ1v) is 7.03. The van der Waals surface area contributed by atoms with Crippen LogP contribution in [0.15, 0.2) is 30.3 Å². The highest BCUT2D eigenvalue weighted by molar-refractivity contribution is 5.50. The fourth-order valence-corrected chi connectivity index (χ4v) is 2.08. The molecule has 0 atom stereocenters. The van der Waals surface area contributed by atoms with E-state index in [-0.39, 0.29) is 0 Å². The Morgan fingerprint density at radius 1 is 1.10 bits per heavy atom. The molecular formula is C16H22F3N. The van der Waals surface area contributed by atoms with Gasteiger partial charge in [-0.15, -0.1) is 0 Å². The molecule has 1 nitrogen and oxygen atoms in total. The third-order valence-electron chi connectivity index (χ3n) is 2.97. The lowest BCUT2D eigenvalue weighted by atomic mass is 10.1. The van der Waals surface area contributed by atoms with Crippen LogP contribution in [0.1, 0.15) is 37.8 Å². The Morgan fingerprint density at radius 3 is 2.30 bits per heavy atom. The van der Waals surface area contributed by atoms with Crippen molar-refractivity contribution in [2.45, 2.75) is 32.9 Å². The van der Waals surface area contributed by atoms with Crippen molar-refractivity contribution in [3.8, 4) is 0 Å². The van der Waals surface area contributed by atoms with Crippen molar-refractivity contribution in [3.05, 3.63) is 41.5 Å². The fourth-order valence-electron chi connectivity index (χ4n) is 2.08. The standard InChI is InChI=1S/C16H22F3N/c1-3-10-20(11-4-2)12-6-8-14-7-5-9-15(13-14)16(17,18)19/h5-9,13H,3-4,10-12H2,1-2H3/b8-6+. The first-order valence-electron chi connectivity index (χ1n) is 7.03. The normalized spacial score (nSPS) is 12.5. The largest absolute Gasteiger partial charge is 0.416 e. The Kier molecular flexibility index (Phi) is 6.79. The van der Waals surface area contributed by atoms with Gasteiger partial charge >= 0.3 is 6.18 Å². The molecular weight excluding hydrogens is 263 g/mol. The van der Waals surface area contributed by atoms with E-state index in [0.717, 1.165) is 38.5 Å². The summed E-state index contributed by atoms with van der Waals surface area (Å²) >= 11 is 0. The molecule has 0 saturated heterocycles. The van der Waals surface area contributed by atoms with E-state index in [9.17, 15) is 13.2 Å². The fraction of sp³-hybridized carbons (Fsp3) is 0.500. The average molecular weight is 285 g/mol. The van der Waals surface area contributed by atoms with Crippen LogP contribution in [-0.2, 0) is 6.18 Å². The van der Waals surface area contributed by atoms with Crippen molar-refractivity contribution in [1.82, 2.24) is 4.90 Å². The average Bonchev–Trinajstić information content (AvgIpc) is 2.38. The summed E-state index contributed by atoms with van der Waals surface area (Å²) in [5.41, 5.74) is -0.00797. The van der Waals surface area contributed by atoms with Gasteiger partial charge in [-0.1, -0.05) is 38.1 Å². The van der Waals surface area contributed by atoms with Crippen molar-refractivity contribution < 1.29 is 13.2 Å². The number of nitrogens with zero attached hydrogens (tertiary/aromatic N) is 1. The molecule has 0 spiro atoms. The number of halogens is 3. The molecule has 0 aromatic heterocycles. The van der Waals surface area contributed by atoms with Gasteiger partial charge in [0, 0.05) is 6.54 Å². The Balaban J connectivity index is 2.65.